The molecule has 28 heavy (non-hydrogen) atoms. The first-order valence-corrected chi connectivity index (χ1v) is 9.85. The second-order valence-corrected chi connectivity index (χ2v) is 8.31. The maximum Gasteiger partial charge on any atom is 0.341 e. The minimum atomic E-state index is -1.96. The molecule has 0 radical (unpaired) electrons. The van der Waals surface area contributed by atoms with Gasteiger partial charge in [0.1, 0.15) is 12.7 Å². The van der Waals surface area contributed by atoms with Gasteiger partial charge in [-0.15, -0.1) is 0 Å². The summed E-state index contributed by atoms with van der Waals surface area (Å²) < 4.78 is 11.1. The van der Waals surface area contributed by atoms with E-state index in [1.165, 1.54) is 6.92 Å². The smallest absolute Gasteiger partial charge is 0.341 e. The molecule has 0 bridgehead atoms. The van der Waals surface area contributed by atoms with Gasteiger partial charge in [-0.25, -0.2) is 9.59 Å². The van der Waals surface area contributed by atoms with Crippen molar-refractivity contribution in [1.29, 1.82) is 0 Å². The summed E-state index contributed by atoms with van der Waals surface area (Å²) in [6.45, 7) is 11.7. The van der Waals surface area contributed by atoms with Crippen LogP contribution in [0.1, 0.15) is 48.0 Å². The Balaban J connectivity index is 2.04. The molecule has 0 aromatic carbocycles. The molecule has 2 aliphatic rings. The molecule has 0 aliphatic carbocycles. The Kier molecular flexibility index (Phi) is 7.07. The monoisotopic (exact) mass is 395 g/mol. The van der Waals surface area contributed by atoms with Crippen molar-refractivity contribution in [2.75, 3.05) is 19.7 Å². The fraction of sp³-hybridized carbons (Fsp3) is 0.714. The van der Waals surface area contributed by atoms with E-state index in [0.29, 0.717) is 12.1 Å². The predicted octanol–water partition coefficient (Wildman–Crippen LogP) is 1.58. The number of fused-ring (bicyclic) bond motifs is 1. The van der Waals surface area contributed by atoms with E-state index in [1.54, 1.807) is 20.8 Å². The molecule has 0 saturated carbocycles. The van der Waals surface area contributed by atoms with Gasteiger partial charge in [0.2, 0.25) is 0 Å². The van der Waals surface area contributed by atoms with Crippen LogP contribution >= 0.6 is 0 Å². The predicted molar refractivity (Wildman–Crippen MR) is 104 cm³/mol. The van der Waals surface area contributed by atoms with Crippen molar-refractivity contribution in [3.63, 3.8) is 0 Å². The minimum Gasteiger partial charge on any atom is -0.459 e. The highest BCUT2D eigenvalue weighted by Gasteiger charge is 2.47. The number of hydrogen-bond acceptors (Lipinski definition) is 7. The van der Waals surface area contributed by atoms with E-state index >= 15 is 0 Å². The van der Waals surface area contributed by atoms with Crippen molar-refractivity contribution >= 4 is 11.9 Å². The number of carbonyl (C=O) groups excluding carboxylic acids is 2. The van der Waals surface area contributed by atoms with Gasteiger partial charge in [-0.05, 0) is 45.6 Å². The van der Waals surface area contributed by atoms with Crippen molar-refractivity contribution in [1.82, 2.24) is 4.90 Å². The molecule has 0 spiro atoms. The molecule has 0 aromatic heterocycles. The lowest BCUT2D eigenvalue weighted by Crippen LogP contribution is -2.53. The second kappa shape index (κ2) is 8.76. The van der Waals surface area contributed by atoms with Crippen LogP contribution in [0.2, 0.25) is 0 Å². The Labute approximate surface area is 167 Å². The normalized spacial score (nSPS) is 25.0. The molecule has 2 heterocycles. The molecular weight excluding hydrogens is 362 g/mol. The van der Waals surface area contributed by atoms with Gasteiger partial charge in [0.25, 0.3) is 0 Å². The third-order valence-corrected chi connectivity index (χ3v) is 5.94. The summed E-state index contributed by atoms with van der Waals surface area (Å²) in [6, 6.07) is -0.125. The van der Waals surface area contributed by atoms with Crippen LogP contribution in [0.3, 0.4) is 0 Å². The lowest BCUT2D eigenvalue weighted by atomic mass is 9.85. The molecule has 1 fully saturated rings. The average Bonchev–Trinajstić information content (AvgIpc) is 3.20. The molecule has 4 atom stereocenters. The number of aliphatic hydroxyl groups excluding tert-OH is 1. The van der Waals surface area contributed by atoms with Crippen molar-refractivity contribution < 1.29 is 29.3 Å². The van der Waals surface area contributed by atoms with Crippen molar-refractivity contribution in [3.05, 3.63) is 22.8 Å². The standard InChI is InChI=1S/C21H33NO6/c1-12(2)14(5)19(24)28-17-8-10-22-9-7-16(18(17)22)11-27-20(25)21(26,13(3)4)15(6)23/h7,13,15,17-18,23,26H,8-11H2,1-6H3. The fourth-order valence-electron chi connectivity index (χ4n) is 3.71. The number of carbonyl (C=O) groups is 2. The second-order valence-electron chi connectivity index (χ2n) is 8.31. The van der Waals surface area contributed by atoms with Gasteiger partial charge in [-0.1, -0.05) is 25.5 Å². The van der Waals surface area contributed by atoms with Crippen molar-refractivity contribution in [2.24, 2.45) is 5.92 Å². The topological polar surface area (TPSA) is 96.3 Å². The summed E-state index contributed by atoms with van der Waals surface area (Å²) in [5.74, 6) is -1.66. The summed E-state index contributed by atoms with van der Waals surface area (Å²) in [5.41, 5.74) is 0.422. The van der Waals surface area contributed by atoms with Crippen LogP contribution in [0.4, 0.5) is 0 Å². The lowest BCUT2D eigenvalue weighted by Gasteiger charge is -2.32. The summed E-state index contributed by atoms with van der Waals surface area (Å²) >= 11 is 0. The average molecular weight is 395 g/mol. The van der Waals surface area contributed by atoms with E-state index < -0.39 is 23.6 Å². The summed E-state index contributed by atoms with van der Waals surface area (Å²) in [5, 5.41) is 20.4. The van der Waals surface area contributed by atoms with E-state index in [0.717, 1.165) is 24.1 Å². The van der Waals surface area contributed by atoms with Gasteiger partial charge >= 0.3 is 11.9 Å². The first kappa shape index (κ1) is 22.6. The number of allylic oxidation sites excluding steroid dienone is 1. The highest BCUT2D eigenvalue weighted by atomic mass is 16.6. The minimum absolute atomic E-state index is 0.00255. The van der Waals surface area contributed by atoms with Crippen molar-refractivity contribution in [3.8, 4) is 0 Å². The first-order chi connectivity index (χ1) is 13.0. The molecule has 158 valence electrons. The lowest BCUT2D eigenvalue weighted by molar-refractivity contribution is -0.183. The Morgan fingerprint density at radius 1 is 1.29 bits per heavy atom. The molecule has 2 N–H and O–H groups in total. The van der Waals surface area contributed by atoms with E-state index in [4.69, 9.17) is 9.47 Å². The van der Waals surface area contributed by atoms with Crippen LogP contribution in [0.15, 0.2) is 22.8 Å². The largest absolute Gasteiger partial charge is 0.459 e. The zero-order valence-corrected chi connectivity index (χ0v) is 17.7. The molecule has 1 saturated heterocycles. The molecule has 2 aliphatic heterocycles. The van der Waals surface area contributed by atoms with Crippen LogP contribution in [-0.2, 0) is 19.1 Å². The maximum absolute atomic E-state index is 12.5. The van der Waals surface area contributed by atoms with Gasteiger partial charge in [-0.3, -0.25) is 4.90 Å². The molecule has 7 heteroatoms. The fourth-order valence-corrected chi connectivity index (χ4v) is 3.71. The zero-order chi connectivity index (χ0) is 21.2. The highest BCUT2D eigenvalue weighted by molar-refractivity contribution is 5.88. The van der Waals surface area contributed by atoms with Gasteiger partial charge in [0, 0.05) is 18.7 Å². The third-order valence-electron chi connectivity index (χ3n) is 5.94. The molecule has 2 rings (SSSR count). The molecule has 0 aromatic rings. The number of esters is 2. The van der Waals surface area contributed by atoms with Gasteiger partial charge in [0.05, 0.1) is 12.1 Å². The highest BCUT2D eigenvalue weighted by Crippen LogP contribution is 2.32. The summed E-state index contributed by atoms with van der Waals surface area (Å²) in [6.07, 6.45) is 1.15. The first-order valence-electron chi connectivity index (χ1n) is 9.85. The van der Waals surface area contributed by atoms with E-state index in [-0.39, 0.29) is 24.7 Å². The van der Waals surface area contributed by atoms with Crippen LogP contribution in [0.25, 0.3) is 0 Å². The molecular formula is C21H33NO6. The SMILES string of the molecule is CC(C)=C(C)C(=O)OC1CCN2CC=C(COC(=O)C(O)(C(C)C)C(C)O)C12. The Morgan fingerprint density at radius 2 is 1.93 bits per heavy atom. The molecule has 7 nitrogen and oxygen atoms in total. The molecule has 0 amide bonds. The van der Waals surface area contributed by atoms with E-state index in [2.05, 4.69) is 4.90 Å². The van der Waals surface area contributed by atoms with Gasteiger partial charge < -0.3 is 19.7 Å². The van der Waals surface area contributed by atoms with Crippen LogP contribution in [-0.4, -0.2) is 70.6 Å². The number of rotatable bonds is 7. The van der Waals surface area contributed by atoms with E-state index in [1.807, 2.05) is 19.9 Å². The van der Waals surface area contributed by atoms with Crippen LogP contribution in [0.5, 0.6) is 0 Å². The quantitative estimate of drug-likeness (QED) is 0.384. The third kappa shape index (κ3) is 4.31. The number of aliphatic hydroxyl groups is 2. The molecule has 4 unspecified atom stereocenters. The van der Waals surface area contributed by atoms with Gasteiger partial charge in [0.15, 0.2) is 5.60 Å². The van der Waals surface area contributed by atoms with E-state index in [9.17, 15) is 19.8 Å². The number of nitrogens with zero attached hydrogens (tertiary/aromatic N) is 1. The Bertz CT molecular complexity index is 666. The zero-order valence-electron chi connectivity index (χ0n) is 17.7. The maximum atomic E-state index is 12.5. The number of hydrogen-bond donors (Lipinski definition) is 2. The summed E-state index contributed by atoms with van der Waals surface area (Å²) in [7, 11) is 0. The summed E-state index contributed by atoms with van der Waals surface area (Å²) in [4.78, 5) is 27.0. The van der Waals surface area contributed by atoms with Gasteiger partial charge in [-0.2, -0.15) is 0 Å². The van der Waals surface area contributed by atoms with Crippen LogP contribution in [0, 0.1) is 5.92 Å². The van der Waals surface area contributed by atoms with Crippen LogP contribution < -0.4 is 0 Å². The Hall–Kier alpha value is -1.70. The number of ether oxygens (including phenoxy) is 2. The Morgan fingerprint density at radius 3 is 2.46 bits per heavy atom. The van der Waals surface area contributed by atoms with Crippen molar-refractivity contribution in [2.45, 2.75) is 71.8 Å².